The largest absolute Gasteiger partial charge is 0.379 e. The Balaban J connectivity index is 1.25. The van der Waals surface area contributed by atoms with E-state index >= 15 is 0 Å². The van der Waals surface area contributed by atoms with E-state index in [2.05, 4.69) is 20.6 Å². The van der Waals surface area contributed by atoms with Crippen molar-refractivity contribution in [2.45, 2.75) is 4.90 Å². The first kappa shape index (κ1) is 21.2. The van der Waals surface area contributed by atoms with Gasteiger partial charge in [0, 0.05) is 36.3 Å². The van der Waals surface area contributed by atoms with Crippen molar-refractivity contribution in [3.63, 3.8) is 0 Å². The molecular formula is C22H22N4O4S2. The molecule has 2 aromatic carbocycles. The summed E-state index contributed by atoms with van der Waals surface area (Å²) < 4.78 is 32.1. The molecule has 0 spiro atoms. The summed E-state index contributed by atoms with van der Waals surface area (Å²) >= 11 is 1.63. The molecule has 1 amide bonds. The van der Waals surface area contributed by atoms with Gasteiger partial charge in [0.1, 0.15) is 0 Å². The van der Waals surface area contributed by atoms with Gasteiger partial charge in [-0.1, -0.05) is 23.9 Å². The lowest BCUT2D eigenvalue weighted by atomic mass is 10.1. The second kappa shape index (κ2) is 8.70. The number of benzene rings is 2. The molecule has 1 fully saturated rings. The third-order valence-electron chi connectivity index (χ3n) is 5.53. The molecule has 0 radical (unpaired) electrons. The van der Waals surface area contributed by atoms with Gasteiger partial charge in [0.15, 0.2) is 5.17 Å². The quantitative estimate of drug-likeness (QED) is 0.723. The molecule has 5 rings (SSSR count). The highest BCUT2D eigenvalue weighted by molar-refractivity contribution is 8.16. The Hall–Kier alpha value is -2.66. The summed E-state index contributed by atoms with van der Waals surface area (Å²) in [4.78, 5) is 19.5. The number of ether oxygens (including phenoxy) is 1. The SMILES string of the molecule is O=C(Nc1ccc(C2=CSC3=NCCN23)cc1)c1ccc(S(=O)(=O)N2CCOCC2)cc1. The Bertz CT molecular complexity index is 1190. The molecule has 2 aromatic rings. The van der Waals surface area contributed by atoms with Crippen molar-refractivity contribution in [1.82, 2.24) is 9.21 Å². The van der Waals surface area contributed by atoms with Crippen molar-refractivity contribution in [3.05, 3.63) is 65.1 Å². The summed E-state index contributed by atoms with van der Waals surface area (Å²) in [5, 5.41) is 6.00. The normalized spacial score (nSPS) is 18.8. The average Bonchev–Trinajstić information content (AvgIpc) is 3.45. The van der Waals surface area contributed by atoms with Crippen molar-refractivity contribution < 1.29 is 17.9 Å². The number of nitrogens with one attached hydrogen (secondary N) is 1. The number of rotatable bonds is 5. The van der Waals surface area contributed by atoms with Crippen LogP contribution in [0.2, 0.25) is 0 Å². The van der Waals surface area contributed by atoms with E-state index in [1.165, 1.54) is 28.6 Å². The fraction of sp³-hybridized carbons (Fsp3) is 0.273. The first-order valence-corrected chi connectivity index (χ1v) is 12.6. The van der Waals surface area contributed by atoms with Crippen LogP contribution in [0.1, 0.15) is 15.9 Å². The number of amidine groups is 1. The zero-order chi connectivity index (χ0) is 22.1. The number of thioether (sulfide) groups is 1. The molecule has 8 nitrogen and oxygen atoms in total. The van der Waals surface area contributed by atoms with Gasteiger partial charge in [-0.05, 0) is 42.0 Å². The van der Waals surface area contributed by atoms with E-state index in [9.17, 15) is 13.2 Å². The Morgan fingerprint density at radius 3 is 2.44 bits per heavy atom. The molecule has 3 aliphatic heterocycles. The van der Waals surface area contributed by atoms with Crippen LogP contribution in [0.3, 0.4) is 0 Å². The van der Waals surface area contributed by atoms with Crippen molar-refractivity contribution in [2.24, 2.45) is 4.99 Å². The van der Waals surface area contributed by atoms with Crippen LogP contribution >= 0.6 is 11.8 Å². The summed E-state index contributed by atoms with van der Waals surface area (Å²) in [6.45, 7) is 3.16. The van der Waals surface area contributed by atoms with E-state index in [0.717, 1.165) is 29.5 Å². The molecule has 1 saturated heterocycles. The molecule has 0 atom stereocenters. The molecule has 0 bridgehead atoms. The summed E-state index contributed by atoms with van der Waals surface area (Å²) in [7, 11) is -3.58. The molecular weight excluding hydrogens is 448 g/mol. The number of fused-ring (bicyclic) bond motifs is 1. The summed E-state index contributed by atoms with van der Waals surface area (Å²) in [5.41, 5.74) is 3.26. The van der Waals surface area contributed by atoms with Crippen molar-refractivity contribution in [2.75, 3.05) is 44.7 Å². The number of hydrogen-bond acceptors (Lipinski definition) is 7. The third-order valence-corrected chi connectivity index (χ3v) is 8.35. The maximum atomic E-state index is 12.7. The van der Waals surface area contributed by atoms with E-state index in [0.29, 0.717) is 37.6 Å². The standard InChI is InChI=1S/C22H22N4O4S2/c27-21(17-3-7-19(8-4-17)32(28,29)25-11-13-30-14-12-25)24-18-5-1-16(2-6-18)20-15-31-22-23-9-10-26(20)22/h1-8,15H,9-14H2,(H,24,27). The minimum Gasteiger partial charge on any atom is -0.379 e. The molecule has 3 aliphatic rings. The van der Waals surface area contributed by atoms with Crippen LogP contribution in [0.4, 0.5) is 5.69 Å². The molecule has 0 aromatic heterocycles. The van der Waals surface area contributed by atoms with Gasteiger partial charge in [-0.25, -0.2) is 8.42 Å². The predicted molar refractivity (Wildman–Crippen MR) is 125 cm³/mol. The average molecular weight is 471 g/mol. The number of hydrogen-bond donors (Lipinski definition) is 1. The Morgan fingerprint density at radius 2 is 1.72 bits per heavy atom. The smallest absolute Gasteiger partial charge is 0.255 e. The monoisotopic (exact) mass is 470 g/mol. The van der Waals surface area contributed by atoms with Crippen LogP contribution in [0.5, 0.6) is 0 Å². The zero-order valence-electron chi connectivity index (χ0n) is 17.2. The lowest BCUT2D eigenvalue weighted by Crippen LogP contribution is -2.40. The van der Waals surface area contributed by atoms with Gasteiger partial charge in [0.25, 0.3) is 5.91 Å². The number of aliphatic imine (C=N–C) groups is 1. The van der Waals surface area contributed by atoms with Crippen LogP contribution in [0, 0.1) is 0 Å². The number of nitrogens with zero attached hydrogens (tertiary/aromatic N) is 3. The number of amides is 1. The zero-order valence-corrected chi connectivity index (χ0v) is 18.9. The van der Waals surface area contributed by atoms with Gasteiger partial charge < -0.3 is 15.0 Å². The molecule has 0 unspecified atom stereocenters. The molecule has 1 N–H and O–H groups in total. The Labute approximate surface area is 191 Å². The Morgan fingerprint density at radius 1 is 1.00 bits per heavy atom. The second-order valence-electron chi connectivity index (χ2n) is 7.51. The van der Waals surface area contributed by atoms with E-state index in [1.54, 1.807) is 11.8 Å². The molecule has 0 saturated carbocycles. The lowest BCUT2D eigenvalue weighted by molar-refractivity contribution is 0.0730. The number of carbonyl (C=O) groups is 1. The maximum absolute atomic E-state index is 12.7. The molecule has 0 aliphatic carbocycles. The lowest BCUT2D eigenvalue weighted by Gasteiger charge is -2.26. The van der Waals surface area contributed by atoms with Crippen molar-refractivity contribution in [1.29, 1.82) is 0 Å². The van der Waals surface area contributed by atoms with E-state index < -0.39 is 10.0 Å². The van der Waals surface area contributed by atoms with Crippen molar-refractivity contribution >= 4 is 44.2 Å². The highest BCUT2D eigenvalue weighted by atomic mass is 32.2. The number of sulfonamides is 1. The second-order valence-corrected chi connectivity index (χ2v) is 10.3. The van der Waals surface area contributed by atoms with Crippen molar-refractivity contribution in [3.8, 4) is 0 Å². The van der Waals surface area contributed by atoms with E-state index in [-0.39, 0.29) is 10.8 Å². The van der Waals surface area contributed by atoms with Gasteiger partial charge in [0.05, 0.1) is 30.4 Å². The van der Waals surface area contributed by atoms with Gasteiger partial charge >= 0.3 is 0 Å². The summed E-state index contributed by atoms with van der Waals surface area (Å²) in [5.74, 6) is -0.294. The fourth-order valence-electron chi connectivity index (χ4n) is 3.79. The minimum atomic E-state index is -3.58. The number of morpholine rings is 1. The van der Waals surface area contributed by atoms with E-state index in [1.807, 2.05) is 24.3 Å². The first-order chi connectivity index (χ1) is 15.5. The fourth-order valence-corrected chi connectivity index (χ4v) is 6.16. The van der Waals surface area contributed by atoms with Crippen LogP contribution < -0.4 is 5.32 Å². The molecule has 3 heterocycles. The highest BCUT2D eigenvalue weighted by Crippen LogP contribution is 2.35. The van der Waals surface area contributed by atoms with E-state index in [4.69, 9.17) is 4.74 Å². The van der Waals surface area contributed by atoms with Crippen LogP contribution in [0.25, 0.3) is 5.70 Å². The maximum Gasteiger partial charge on any atom is 0.255 e. The molecule has 166 valence electrons. The summed E-state index contributed by atoms with van der Waals surface area (Å²) in [6.07, 6.45) is 0. The molecule has 32 heavy (non-hydrogen) atoms. The first-order valence-electron chi connectivity index (χ1n) is 10.3. The molecule has 10 heteroatoms. The topological polar surface area (TPSA) is 91.3 Å². The predicted octanol–water partition coefficient (Wildman–Crippen LogP) is 2.68. The summed E-state index contributed by atoms with van der Waals surface area (Å²) in [6, 6.07) is 13.7. The van der Waals surface area contributed by atoms with Gasteiger partial charge in [-0.2, -0.15) is 4.31 Å². The van der Waals surface area contributed by atoms with Crippen LogP contribution in [-0.4, -0.2) is 68.1 Å². The van der Waals surface area contributed by atoms with Gasteiger partial charge in [0.2, 0.25) is 10.0 Å². The van der Waals surface area contributed by atoms with Gasteiger partial charge in [-0.3, -0.25) is 9.79 Å². The number of carbonyl (C=O) groups excluding carboxylic acids is 1. The van der Waals surface area contributed by atoms with Gasteiger partial charge in [-0.15, -0.1) is 0 Å². The number of anilines is 1. The minimum absolute atomic E-state index is 0.174. The van der Waals surface area contributed by atoms with Crippen LogP contribution in [0.15, 0.2) is 63.8 Å². The third kappa shape index (κ3) is 4.06. The highest BCUT2D eigenvalue weighted by Gasteiger charge is 2.27. The Kier molecular flexibility index (Phi) is 5.76. The van der Waals surface area contributed by atoms with Crippen LogP contribution in [-0.2, 0) is 14.8 Å².